The molecule has 3 aliphatic rings. The number of nitrogens with zero attached hydrogens (tertiary/aromatic N) is 5. The molecular formula is C69H107N23O23S2. The van der Waals surface area contributed by atoms with Crippen molar-refractivity contribution in [1.29, 1.82) is 0 Å². The fourth-order valence-corrected chi connectivity index (χ4v) is 13.8. The number of aromatic nitrogens is 4. The van der Waals surface area contributed by atoms with Crippen LogP contribution in [0, 0.1) is 0 Å². The summed E-state index contributed by atoms with van der Waals surface area (Å²) >= 11 is 5.23. The van der Waals surface area contributed by atoms with Gasteiger partial charge in [0, 0.05) is 74.9 Å². The number of hydrogen-bond acceptors (Lipinski definition) is 27. The standard InChI is InChI=1S/C69H107N23O23S2/c1-33(79-57(103)37(9-4-5-18-70)80-61(107)42(24-36-28-76-32-78-36)86-66(112)54(73)34(2)94)56(102)87-44(26-51(72)96)68(114)91-20-7-12-49(91)65(111)88-45(29-93)69(115)92-21-8-10-47(92)63(109)83-40(14-16-53(99)100)67(113)90-19-6-11-48(90)64(110)85-43(25-50(71)95)62(108)82-39(17-22-117-3)59(105)84-41(23-35-27-75-31-77-35)60(106)81-38(13-15-52(97)98)58(104)89-46(30-116)55(74)101/h27-28,31-34,37-49,54,93-94,116H,4-26,29-30,70,73H2,1-3H3,(H2,71,95)(H2,72,96)(H2,74,101)(H,75,77)(H,76,78)(H,79,103)(H,80,107)(H,81,106)(H,82,108)(H,83,109)(H,84,105)(H,85,110)(H,86,112)(H,87,102)(H,88,111)(H,89,104)(H,97,98)(H,99,100)/t33-,34+,37-,38-,39-,40-,41-,42-,43-,44-,45-,46-,47-,48-,49-,54-/m0/s1. The number of hydrogen-bond donors (Lipinski definition) is 23. The Labute approximate surface area is 680 Å². The summed E-state index contributed by atoms with van der Waals surface area (Å²) in [6, 6.07) is -23.2. The van der Waals surface area contributed by atoms with E-state index in [0.29, 0.717) is 18.5 Å². The average Bonchev–Trinajstić information content (AvgIpc) is 1.77. The summed E-state index contributed by atoms with van der Waals surface area (Å²) in [6.07, 6.45) is 1.71. The zero-order valence-corrected chi connectivity index (χ0v) is 66.5. The first-order valence-electron chi connectivity index (χ1n) is 37.8. The molecule has 3 aliphatic heterocycles. The molecule has 17 amide bonds. The molecule has 2 aromatic heterocycles. The fraction of sp³-hybridized carbons (Fsp3) is 0.638. The van der Waals surface area contributed by atoms with E-state index >= 15 is 0 Å². The van der Waals surface area contributed by atoms with Crippen molar-refractivity contribution in [3.8, 4) is 0 Å². The number of H-pyrrole nitrogens is 2. The number of unbranched alkanes of at least 4 members (excludes halogenated alkanes) is 1. The second-order valence-corrected chi connectivity index (χ2v) is 29.6. The van der Waals surface area contributed by atoms with Gasteiger partial charge in [-0.1, -0.05) is 0 Å². The predicted molar refractivity (Wildman–Crippen MR) is 413 cm³/mol. The molecule has 0 saturated carbocycles. The number of aromatic amines is 2. The molecular weight excluding hydrogens is 1580 g/mol. The minimum Gasteiger partial charge on any atom is -0.481 e. The molecule has 3 saturated heterocycles. The number of carboxylic acid groups (broad SMARTS) is 2. The van der Waals surface area contributed by atoms with Crippen molar-refractivity contribution in [3.05, 3.63) is 36.4 Å². The number of thioether (sulfide) groups is 1. The molecule has 117 heavy (non-hydrogen) atoms. The molecule has 0 aliphatic carbocycles. The van der Waals surface area contributed by atoms with Gasteiger partial charge in [0.2, 0.25) is 100 Å². The van der Waals surface area contributed by atoms with Crippen molar-refractivity contribution in [2.75, 3.05) is 50.5 Å². The monoisotopic (exact) mass is 1690 g/mol. The topological polar surface area (TPSA) is 735 Å². The van der Waals surface area contributed by atoms with Gasteiger partial charge in [-0.05, 0) is 109 Å². The molecule has 0 aromatic carbocycles. The van der Waals surface area contributed by atoms with Gasteiger partial charge in [0.25, 0.3) is 0 Å². The van der Waals surface area contributed by atoms with Crippen molar-refractivity contribution in [2.24, 2.45) is 28.7 Å². The number of imidazole rings is 2. The van der Waals surface area contributed by atoms with Crippen molar-refractivity contribution in [2.45, 2.75) is 226 Å². The molecule has 48 heteroatoms. The Morgan fingerprint density at radius 1 is 0.496 bits per heavy atom. The van der Waals surface area contributed by atoms with Crippen LogP contribution < -0.4 is 87.2 Å². The van der Waals surface area contributed by atoms with Gasteiger partial charge in [-0.2, -0.15) is 24.4 Å². The number of carbonyl (C=O) groups is 19. The fourth-order valence-electron chi connectivity index (χ4n) is 13.0. The van der Waals surface area contributed by atoms with Gasteiger partial charge in [0.1, 0.15) is 90.6 Å². The largest absolute Gasteiger partial charge is 0.481 e. The molecule has 5 rings (SSSR count). The Balaban J connectivity index is 1.27. The molecule has 5 heterocycles. The van der Waals surface area contributed by atoms with Crippen LogP contribution in [-0.2, 0) is 104 Å². The zero-order valence-electron chi connectivity index (χ0n) is 64.7. The van der Waals surface area contributed by atoms with Crippen molar-refractivity contribution in [3.63, 3.8) is 0 Å². The van der Waals surface area contributed by atoms with E-state index in [1.807, 2.05) is 0 Å². The van der Waals surface area contributed by atoms with E-state index in [9.17, 15) is 112 Å². The van der Waals surface area contributed by atoms with E-state index in [1.165, 1.54) is 50.7 Å². The van der Waals surface area contributed by atoms with Gasteiger partial charge in [-0.25, -0.2) is 9.97 Å². The smallest absolute Gasteiger partial charge is 0.303 e. The Bertz CT molecular complexity index is 3840. The van der Waals surface area contributed by atoms with E-state index < -0.39 is 254 Å². The number of carboxylic acids is 2. The third kappa shape index (κ3) is 30.2. The third-order valence-electron chi connectivity index (χ3n) is 19.4. The maximum absolute atomic E-state index is 14.7. The van der Waals surface area contributed by atoms with Crippen molar-refractivity contribution >= 4 is 137 Å². The predicted octanol–water partition coefficient (Wildman–Crippen LogP) is -10.3. The van der Waals surface area contributed by atoms with Gasteiger partial charge in [0.05, 0.1) is 38.2 Å². The highest BCUT2D eigenvalue weighted by atomic mass is 32.2. The Morgan fingerprint density at radius 3 is 1.29 bits per heavy atom. The van der Waals surface area contributed by atoms with Crippen LogP contribution in [0.5, 0.6) is 0 Å². The van der Waals surface area contributed by atoms with Gasteiger partial charge in [-0.3, -0.25) is 91.1 Å². The number of nitrogens with two attached hydrogens (primary N) is 5. The summed E-state index contributed by atoms with van der Waals surface area (Å²) in [5.74, 6) is -20.0. The highest BCUT2D eigenvalue weighted by Crippen LogP contribution is 2.25. The van der Waals surface area contributed by atoms with Crippen LogP contribution in [0.25, 0.3) is 0 Å². The highest BCUT2D eigenvalue weighted by molar-refractivity contribution is 7.98. The van der Waals surface area contributed by atoms with Gasteiger partial charge < -0.3 is 132 Å². The molecule has 0 spiro atoms. The van der Waals surface area contributed by atoms with Crippen LogP contribution in [-0.4, -0.2) is 315 Å². The lowest BCUT2D eigenvalue weighted by molar-refractivity contribution is -0.146. The molecule has 0 unspecified atom stereocenters. The summed E-state index contributed by atoms with van der Waals surface area (Å²) in [7, 11) is 0. The molecule has 0 radical (unpaired) electrons. The highest BCUT2D eigenvalue weighted by Gasteiger charge is 2.46. The van der Waals surface area contributed by atoms with E-state index in [4.69, 9.17) is 28.7 Å². The molecule has 0 bridgehead atoms. The maximum atomic E-state index is 14.7. The third-order valence-corrected chi connectivity index (χ3v) is 20.4. The number of rotatable bonds is 50. The molecule has 16 atom stereocenters. The van der Waals surface area contributed by atoms with Gasteiger partial charge in [-0.15, -0.1) is 0 Å². The molecule has 46 nitrogen and oxygen atoms in total. The molecule has 648 valence electrons. The first kappa shape index (κ1) is 96.5. The van der Waals surface area contributed by atoms with Crippen LogP contribution in [0.1, 0.15) is 128 Å². The van der Waals surface area contributed by atoms with Crippen LogP contribution in [0.3, 0.4) is 0 Å². The number of amides is 17. The number of carbonyl (C=O) groups excluding carboxylic acids is 17. The van der Waals surface area contributed by atoms with E-state index in [1.54, 1.807) is 6.26 Å². The second kappa shape index (κ2) is 47.8. The first-order chi connectivity index (χ1) is 55.4. The normalized spacial score (nSPS) is 18.4. The zero-order chi connectivity index (χ0) is 86.9. The summed E-state index contributed by atoms with van der Waals surface area (Å²) in [6.45, 7) is 1.14. The number of aliphatic hydroxyl groups excluding tert-OH is 2. The van der Waals surface area contributed by atoms with E-state index in [-0.39, 0.29) is 108 Å². The van der Waals surface area contributed by atoms with Crippen molar-refractivity contribution < 1.29 is 112 Å². The number of nitrogens with one attached hydrogen (secondary N) is 13. The Hall–Kier alpha value is -11.1. The van der Waals surface area contributed by atoms with Gasteiger partial charge >= 0.3 is 11.9 Å². The minimum absolute atomic E-state index is 0.0236. The Kier molecular flexibility index (Phi) is 39.4. The minimum atomic E-state index is -1.85. The lowest BCUT2D eigenvalue weighted by Crippen LogP contribution is -2.61. The maximum Gasteiger partial charge on any atom is 0.303 e. The summed E-state index contributed by atoms with van der Waals surface area (Å²) < 4.78 is 0. The lowest BCUT2D eigenvalue weighted by atomic mass is 10.0. The summed E-state index contributed by atoms with van der Waals surface area (Å²) in [4.78, 5) is 274. The summed E-state index contributed by atoms with van der Waals surface area (Å²) in [5, 5.41) is 66.7. The summed E-state index contributed by atoms with van der Waals surface area (Å²) in [5.41, 5.74) is 28.7. The Morgan fingerprint density at radius 2 is 0.872 bits per heavy atom. The van der Waals surface area contributed by atoms with E-state index in [0.717, 1.165) is 14.7 Å². The molecule has 27 N–H and O–H groups in total. The van der Waals surface area contributed by atoms with Gasteiger partial charge in [0.15, 0.2) is 0 Å². The first-order valence-corrected chi connectivity index (χ1v) is 39.8. The molecule has 2 aromatic rings. The SMILES string of the molecule is CSCC[C@H](NC(=O)[C@H](CC(N)=O)NC(=O)[C@@H]1CCCN1C(=O)[C@H](CCC(=O)O)NC(=O)[C@@H]1CCCN1C(=O)[C@H](CO)NC(=O)[C@@H]1CCCN1C(=O)[C@H](CC(N)=O)NC(=O)[C@H](C)NC(=O)[C@H](CCCCN)NC(=O)[C@H](Cc1cnc[nH]1)NC(=O)[C@@H](N)[C@@H](C)O)C(=O)N[C@@H](Cc1cnc[nH]1)C(=O)N[C@@H](CCC(=O)O)C(=O)N[C@@H](CS)C(N)=O. The number of primary amides is 3. The van der Waals surface area contributed by atoms with Crippen LogP contribution in [0.2, 0.25) is 0 Å². The van der Waals surface area contributed by atoms with Crippen LogP contribution in [0.15, 0.2) is 25.0 Å². The van der Waals surface area contributed by atoms with E-state index in [2.05, 4.69) is 91.0 Å². The van der Waals surface area contributed by atoms with Crippen molar-refractivity contribution in [1.82, 2.24) is 93.1 Å². The number of thiol groups is 1. The van der Waals surface area contributed by atoms with Crippen LogP contribution in [0.4, 0.5) is 0 Å². The second-order valence-electron chi connectivity index (χ2n) is 28.3. The lowest BCUT2D eigenvalue weighted by Gasteiger charge is -2.32. The number of likely N-dealkylation sites (tertiary alicyclic amines) is 3. The quantitative estimate of drug-likeness (QED) is 0.0216. The molecule has 3 fully saturated rings. The number of aliphatic carboxylic acids is 2. The number of aliphatic hydroxyl groups is 2. The average molecular weight is 1690 g/mol. The van der Waals surface area contributed by atoms with Crippen LogP contribution >= 0.6 is 24.4 Å².